The van der Waals surface area contributed by atoms with Gasteiger partial charge in [0.15, 0.2) is 0 Å². The zero-order valence-electron chi connectivity index (χ0n) is 13.4. The zero-order chi connectivity index (χ0) is 16.1. The van der Waals surface area contributed by atoms with E-state index in [0.717, 1.165) is 30.3 Å². The van der Waals surface area contributed by atoms with Crippen molar-refractivity contribution in [3.8, 4) is 0 Å². The topological polar surface area (TPSA) is 58.1 Å². The van der Waals surface area contributed by atoms with Gasteiger partial charge in [-0.25, -0.2) is 0 Å². The van der Waals surface area contributed by atoms with E-state index in [-0.39, 0.29) is 5.91 Å². The first kappa shape index (κ1) is 15.5. The molecule has 1 aliphatic rings. The average Bonchev–Trinajstić information content (AvgIpc) is 2.61. The van der Waals surface area contributed by atoms with Crippen LogP contribution in [0.15, 0.2) is 43.0 Å². The van der Waals surface area contributed by atoms with Crippen molar-refractivity contribution in [3.63, 3.8) is 0 Å². The smallest absolute Gasteiger partial charge is 0.253 e. The predicted molar refractivity (Wildman–Crippen MR) is 90.3 cm³/mol. The van der Waals surface area contributed by atoms with E-state index in [4.69, 9.17) is 0 Å². The molecule has 0 aliphatic carbocycles. The lowest BCUT2D eigenvalue weighted by Gasteiger charge is -2.32. The molecule has 5 heteroatoms. The van der Waals surface area contributed by atoms with Gasteiger partial charge in [0, 0.05) is 38.2 Å². The minimum Gasteiger partial charge on any atom is -0.370 e. The molecule has 5 nitrogen and oxygen atoms in total. The summed E-state index contributed by atoms with van der Waals surface area (Å²) in [5, 5.41) is 2.93. The first-order valence-electron chi connectivity index (χ1n) is 8.09. The average molecular weight is 310 g/mol. The number of rotatable bonds is 4. The molecule has 3 rings (SSSR count). The molecule has 120 valence electrons. The molecule has 0 radical (unpaired) electrons. The van der Waals surface area contributed by atoms with E-state index >= 15 is 0 Å². The molecule has 0 atom stereocenters. The molecule has 0 spiro atoms. The second-order valence-corrected chi connectivity index (χ2v) is 6.14. The lowest BCUT2D eigenvalue weighted by molar-refractivity contribution is 0.0950. The van der Waals surface area contributed by atoms with Crippen LogP contribution in [-0.4, -0.2) is 29.0 Å². The number of nitrogens with zero attached hydrogens (tertiary/aromatic N) is 3. The molecule has 1 aliphatic heterocycles. The van der Waals surface area contributed by atoms with Crippen molar-refractivity contribution in [1.29, 1.82) is 0 Å². The van der Waals surface area contributed by atoms with Crippen molar-refractivity contribution >= 4 is 11.6 Å². The molecule has 2 aromatic rings. The molecule has 0 bridgehead atoms. The van der Waals surface area contributed by atoms with Crippen LogP contribution in [0.25, 0.3) is 0 Å². The third kappa shape index (κ3) is 4.06. The quantitative estimate of drug-likeness (QED) is 0.943. The van der Waals surface area contributed by atoms with Gasteiger partial charge in [-0.15, -0.1) is 0 Å². The summed E-state index contributed by atoms with van der Waals surface area (Å²) in [5.74, 6) is 0.688. The monoisotopic (exact) mass is 310 g/mol. The summed E-state index contributed by atoms with van der Waals surface area (Å²) < 4.78 is 0. The van der Waals surface area contributed by atoms with Crippen LogP contribution in [0.4, 0.5) is 5.69 Å². The summed E-state index contributed by atoms with van der Waals surface area (Å²) in [4.78, 5) is 22.8. The van der Waals surface area contributed by atoms with Gasteiger partial charge < -0.3 is 10.2 Å². The lowest BCUT2D eigenvalue weighted by Crippen LogP contribution is -2.33. The number of anilines is 1. The maximum atomic E-state index is 12.3. The highest BCUT2D eigenvalue weighted by Gasteiger charge is 2.17. The van der Waals surface area contributed by atoms with E-state index in [9.17, 15) is 4.79 Å². The molecule has 1 N–H and O–H groups in total. The summed E-state index contributed by atoms with van der Waals surface area (Å²) in [6, 6.07) is 5.72. The predicted octanol–water partition coefficient (Wildman–Crippen LogP) is 2.64. The second kappa shape index (κ2) is 7.22. The van der Waals surface area contributed by atoms with Crippen LogP contribution in [0.3, 0.4) is 0 Å². The summed E-state index contributed by atoms with van der Waals surface area (Å²) in [5.41, 5.74) is 2.67. The normalized spacial score (nSPS) is 15.4. The summed E-state index contributed by atoms with van der Waals surface area (Å²) in [6.07, 6.45) is 9.30. The van der Waals surface area contributed by atoms with Crippen LogP contribution in [0.2, 0.25) is 0 Å². The van der Waals surface area contributed by atoms with Crippen LogP contribution in [0.5, 0.6) is 0 Å². The van der Waals surface area contributed by atoms with Crippen molar-refractivity contribution in [2.24, 2.45) is 5.92 Å². The van der Waals surface area contributed by atoms with Crippen molar-refractivity contribution in [2.45, 2.75) is 26.3 Å². The van der Waals surface area contributed by atoms with E-state index in [1.807, 2.05) is 24.4 Å². The van der Waals surface area contributed by atoms with Crippen molar-refractivity contribution in [3.05, 3.63) is 54.1 Å². The van der Waals surface area contributed by atoms with Gasteiger partial charge in [0.25, 0.3) is 5.91 Å². The molecular weight excluding hydrogens is 288 g/mol. The summed E-state index contributed by atoms with van der Waals surface area (Å²) >= 11 is 0. The number of carbonyl (C=O) groups excluding carboxylic acids is 1. The summed E-state index contributed by atoms with van der Waals surface area (Å²) in [7, 11) is 0. The lowest BCUT2D eigenvalue weighted by atomic mass is 9.99. The minimum absolute atomic E-state index is 0.0958. The Labute approximate surface area is 136 Å². The van der Waals surface area contributed by atoms with Gasteiger partial charge in [-0.1, -0.05) is 6.92 Å². The molecule has 2 aromatic heterocycles. The van der Waals surface area contributed by atoms with Crippen molar-refractivity contribution < 1.29 is 4.79 Å². The Balaban J connectivity index is 1.63. The van der Waals surface area contributed by atoms with E-state index in [1.54, 1.807) is 18.6 Å². The highest BCUT2D eigenvalue weighted by atomic mass is 16.1. The molecule has 1 saturated heterocycles. The van der Waals surface area contributed by atoms with E-state index in [1.165, 1.54) is 12.8 Å². The number of piperidine rings is 1. The Hall–Kier alpha value is -2.43. The van der Waals surface area contributed by atoms with Gasteiger partial charge >= 0.3 is 0 Å². The van der Waals surface area contributed by atoms with Crippen LogP contribution in [0.1, 0.15) is 35.7 Å². The number of amides is 1. The first-order chi connectivity index (χ1) is 11.2. The fraction of sp³-hybridized carbons (Fsp3) is 0.389. The fourth-order valence-corrected chi connectivity index (χ4v) is 2.78. The molecular formula is C18H22N4O. The molecule has 1 amide bonds. The Morgan fingerprint density at radius 2 is 1.96 bits per heavy atom. The number of hydrogen-bond donors (Lipinski definition) is 1. The van der Waals surface area contributed by atoms with Gasteiger partial charge in [-0.2, -0.15) is 0 Å². The van der Waals surface area contributed by atoms with Crippen LogP contribution in [-0.2, 0) is 6.54 Å². The SMILES string of the molecule is CC1CCN(c2cncc(C(=O)NCc3ccncc3)c2)CC1. The molecule has 23 heavy (non-hydrogen) atoms. The Kier molecular flexibility index (Phi) is 4.86. The van der Waals surface area contributed by atoms with Crippen molar-refractivity contribution in [1.82, 2.24) is 15.3 Å². The van der Waals surface area contributed by atoms with Gasteiger partial charge in [-0.3, -0.25) is 14.8 Å². The van der Waals surface area contributed by atoms with E-state index in [2.05, 4.69) is 27.1 Å². The highest BCUT2D eigenvalue weighted by Crippen LogP contribution is 2.22. The number of carbonyl (C=O) groups is 1. The minimum atomic E-state index is -0.0958. The maximum absolute atomic E-state index is 12.3. The Morgan fingerprint density at radius 1 is 1.22 bits per heavy atom. The number of hydrogen-bond acceptors (Lipinski definition) is 4. The van der Waals surface area contributed by atoms with E-state index in [0.29, 0.717) is 12.1 Å². The van der Waals surface area contributed by atoms with Crippen LogP contribution < -0.4 is 10.2 Å². The standard InChI is InChI=1S/C18H22N4O/c1-14-4-8-22(9-5-14)17-10-16(12-20-13-17)18(23)21-11-15-2-6-19-7-3-15/h2-3,6-7,10,12-14H,4-5,8-9,11H2,1H3,(H,21,23). The number of pyridine rings is 2. The molecule has 0 aromatic carbocycles. The first-order valence-corrected chi connectivity index (χ1v) is 8.09. The summed E-state index contributed by atoms with van der Waals surface area (Å²) in [6.45, 7) is 4.85. The van der Waals surface area contributed by atoms with Gasteiger partial charge in [0.1, 0.15) is 0 Å². The van der Waals surface area contributed by atoms with Gasteiger partial charge in [-0.05, 0) is 42.5 Å². The third-order valence-electron chi connectivity index (χ3n) is 4.34. The third-order valence-corrected chi connectivity index (χ3v) is 4.34. The van der Waals surface area contributed by atoms with Crippen LogP contribution in [0, 0.1) is 5.92 Å². The molecule has 0 saturated carbocycles. The van der Waals surface area contributed by atoms with Gasteiger partial charge in [0.05, 0.1) is 17.4 Å². The molecule has 1 fully saturated rings. The Morgan fingerprint density at radius 3 is 2.70 bits per heavy atom. The molecule has 0 unspecified atom stereocenters. The number of nitrogens with one attached hydrogen (secondary N) is 1. The van der Waals surface area contributed by atoms with E-state index < -0.39 is 0 Å². The molecule has 3 heterocycles. The second-order valence-electron chi connectivity index (χ2n) is 6.14. The maximum Gasteiger partial charge on any atom is 0.253 e. The Bertz CT molecular complexity index is 651. The number of aromatic nitrogens is 2. The van der Waals surface area contributed by atoms with Crippen molar-refractivity contribution in [2.75, 3.05) is 18.0 Å². The van der Waals surface area contributed by atoms with Crippen LogP contribution >= 0.6 is 0 Å². The van der Waals surface area contributed by atoms with Gasteiger partial charge in [0.2, 0.25) is 0 Å². The largest absolute Gasteiger partial charge is 0.370 e. The zero-order valence-corrected chi connectivity index (χ0v) is 13.4. The highest BCUT2D eigenvalue weighted by molar-refractivity contribution is 5.94. The fourth-order valence-electron chi connectivity index (χ4n) is 2.78.